The number of imidazole rings is 1. The second kappa shape index (κ2) is 8.57. The number of hydrogen-bond acceptors (Lipinski definition) is 7. The molecule has 11 heteroatoms. The van der Waals surface area contributed by atoms with Gasteiger partial charge in [0.15, 0.2) is 11.5 Å². The van der Waals surface area contributed by atoms with E-state index in [4.69, 9.17) is 0 Å². The molecule has 170 valence electrons. The van der Waals surface area contributed by atoms with Crippen LogP contribution in [0.1, 0.15) is 11.1 Å². The zero-order valence-electron chi connectivity index (χ0n) is 17.5. The molecular weight excluding hydrogens is 433 g/mol. The average molecular weight is 454 g/mol. The maximum atomic E-state index is 13.0. The van der Waals surface area contributed by atoms with Crippen LogP contribution in [0.25, 0.3) is 11.2 Å². The van der Waals surface area contributed by atoms with Gasteiger partial charge in [0.1, 0.15) is 17.7 Å². The molecule has 8 nitrogen and oxygen atoms in total. The highest BCUT2D eigenvalue weighted by atomic mass is 19.4. The number of rotatable bonds is 5. The van der Waals surface area contributed by atoms with E-state index >= 15 is 0 Å². The van der Waals surface area contributed by atoms with E-state index in [1.165, 1.54) is 12.4 Å². The van der Waals surface area contributed by atoms with Crippen molar-refractivity contribution < 1.29 is 13.2 Å². The maximum absolute atomic E-state index is 13.0. The molecule has 0 unspecified atom stereocenters. The third-order valence-corrected chi connectivity index (χ3v) is 5.54. The topological polar surface area (TPSA) is 85.9 Å². The van der Waals surface area contributed by atoms with Crippen LogP contribution in [0.15, 0.2) is 55.0 Å². The number of fused-ring (bicyclic) bond motifs is 1. The molecule has 0 saturated carbocycles. The Balaban J connectivity index is 1.29. The Morgan fingerprint density at radius 2 is 1.76 bits per heavy atom. The summed E-state index contributed by atoms with van der Waals surface area (Å²) in [4.78, 5) is 25.1. The van der Waals surface area contributed by atoms with Crippen LogP contribution < -0.4 is 15.1 Å². The summed E-state index contributed by atoms with van der Waals surface area (Å²) < 4.78 is 38.9. The van der Waals surface area contributed by atoms with Gasteiger partial charge in [-0.25, -0.2) is 15.0 Å². The van der Waals surface area contributed by atoms with Gasteiger partial charge in [-0.2, -0.15) is 18.2 Å². The van der Waals surface area contributed by atoms with Crippen molar-refractivity contribution in [2.45, 2.75) is 12.7 Å². The molecule has 0 atom stereocenters. The first kappa shape index (κ1) is 21.0. The van der Waals surface area contributed by atoms with Crippen LogP contribution in [-0.2, 0) is 12.7 Å². The molecule has 4 heterocycles. The van der Waals surface area contributed by atoms with Crippen LogP contribution in [0.2, 0.25) is 0 Å². The zero-order valence-corrected chi connectivity index (χ0v) is 17.5. The van der Waals surface area contributed by atoms with Gasteiger partial charge < -0.3 is 20.1 Å². The van der Waals surface area contributed by atoms with E-state index < -0.39 is 11.7 Å². The number of hydrogen-bond donors (Lipinski definition) is 2. The molecule has 1 aromatic carbocycles. The molecule has 0 bridgehead atoms. The quantitative estimate of drug-likeness (QED) is 0.476. The SMILES string of the molecule is FC(F)(F)c1cccc(CNc2ncnc3nc(N4CCN(c5ccccn5)CC4)[nH]c23)c1. The van der Waals surface area contributed by atoms with Gasteiger partial charge in [0.2, 0.25) is 5.95 Å². The van der Waals surface area contributed by atoms with Gasteiger partial charge in [-0.15, -0.1) is 0 Å². The second-order valence-electron chi connectivity index (χ2n) is 7.70. The van der Waals surface area contributed by atoms with Crippen molar-refractivity contribution in [3.8, 4) is 0 Å². The molecule has 4 aromatic rings. The Morgan fingerprint density at radius 1 is 0.939 bits per heavy atom. The second-order valence-corrected chi connectivity index (χ2v) is 7.70. The summed E-state index contributed by atoms with van der Waals surface area (Å²) in [6.07, 6.45) is -1.20. The lowest BCUT2D eigenvalue weighted by Gasteiger charge is -2.35. The Bertz CT molecular complexity index is 1230. The molecule has 0 amide bonds. The Kier molecular flexibility index (Phi) is 5.45. The van der Waals surface area contributed by atoms with Crippen molar-refractivity contribution in [1.82, 2.24) is 24.9 Å². The minimum Gasteiger partial charge on any atom is -0.364 e. The van der Waals surface area contributed by atoms with Gasteiger partial charge in [-0.3, -0.25) is 0 Å². The summed E-state index contributed by atoms with van der Waals surface area (Å²) in [5, 5.41) is 3.10. The minimum atomic E-state index is -4.38. The van der Waals surface area contributed by atoms with Crippen LogP contribution in [0.4, 0.5) is 30.8 Å². The molecule has 33 heavy (non-hydrogen) atoms. The van der Waals surface area contributed by atoms with Gasteiger partial charge >= 0.3 is 6.18 Å². The smallest absolute Gasteiger partial charge is 0.364 e. The van der Waals surface area contributed by atoms with Gasteiger partial charge in [-0.05, 0) is 29.8 Å². The monoisotopic (exact) mass is 454 g/mol. The lowest BCUT2D eigenvalue weighted by Crippen LogP contribution is -2.47. The van der Waals surface area contributed by atoms with Crippen LogP contribution in [-0.4, -0.2) is 51.1 Å². The fourth-order valence-corrected chi connectivity index (χ4v) is 3.83. The number of nitrogens with zero attached hydrogens (tertiary/aromatic N) is 6. The van der Waals surface area contributed by atoms with Crippen molar-refractivity contribution in [1.29, 1.82) is 0 Å². The van der Waals surface area contributed by atoms with Gasteiger partial charge in [-0.1, -0.05) is 18.2 Å². The first-order chi connectivity index (χ1) is 16.0. The number of aromatic nitrogens is 5. The number of alkyl halides is 3. The predicted octanol–water partition coefficient (Wildman–Crippen LogP) is 3.71. The Labute approximate surface area is 187 Å². The normalized spacial score (nSPS) is 14.6. The predicted molar refractivity (Wildman–Crippen MR) is 119 cm³/mol. The summed E-state index contributed by atoms with van der Waals surface area (Å²) in [5.74, 6) is 2.13. The fourth-order valence-electron chi connectivity index (χ4n) is 3.83. The highest BCUT2D eigenvalue weighted by Crippen LogP contribution is 2.30. The summed E-state index contributed by atoms with van der Waals surface area (Å²) in [6.45, 7) is 3.32. The van der Waals surface area contributed by atoms with Crippen molar-refractivity contribution >= 4 is 28.7 Å². The number of halogens is 3. The molecule has 0 aliphatic carbocycles. The van der Waals surface area contributed by atoms with E-state index in [2.05, 4.69) is 40.0 Å². The third-order valence-electron chi connectivity index (χ3n) is 5.54. The number of benzene rings is 1. The van der Waals surface area contributed by atoms with E-state index in [-0.39, 0.29) is 6.54 Å². The average Bonchev–Trinajstić information content (AvgIpc) is 3.28. The zero-order chi connectivity index (χ0) is 22.8. The summed E-state index contributed by atoms with van der Waals surface area (Å²) in [6, 6.07) is 11.1. The standard InChI is InChI=1S/C22H21F3N8/c23-22(24,25)16-5-3-4-15(12-16)13-27-19-18-20(29-14-28-19)31-21(30-18)33-10-8-32(9-11-33)17-6-1-2-7-26-17/h1-7,12,14H,8-11,13H2,(H2,27,28,29,30,31). The van der Waals surface area contributed by atoms with Crippen LogP contribution in [0.5, 0.6) is 0 Å². The summed E-state index contributed by atoms with van der Waals surface area (Å²) >= 11 is 0. The van der Waals surface area contributed by atoms with E-state index in [9.17, 15) is 13.2 Å². The molecule has 1 saturated heterocycles. The fraction of sp³-hybridized carbons (Fsp3) is 0.273. The number of H-pyrrole nitrogens is 1. The number of aromatic amines is 1. The number of nitrogens with one attached hydrogen (secondary N) is 2. The molecule has 1 aliphatic heterocycles. The molecular formula is C22H21F3N8. The molecule has 0 spiro atoms. The van der Waals surface area contributed by atoms with Crippen LogP contribution in [0.3, 0.4) is 0 Å². The first-order valence-corrected chi connectivity index (χ1v) is 10.5. The Hall–Kier alpha value is -3.89. The maximum Gasteiger partial charge on any atom is 0.416 e. The van der Waals surface area contributed by atoms with Gasteiger partial charge in [0.25, 0.3) is 0 Å². The molecule has 3 aromatic heterocycles. The Morgan fingerprint density at radius 3 is 2.52 bits per heavy atom. The van der Waals surface area contributed by atoms with Crippen LogP contribution >= 0.6 is 0 Å². The lowest BCUT2D eigenvalue weighted by atomic mass is 10.1. The molecule has 2 N–H and O–H groups in total. The van der Waals surface area contributed by atoms with E-state index in [0.717, 1.165) is 44.1 Å². The highest BCUT2D eigenvalue weighted by molar-refractivity contribution is 5.84. The van der Waals surface area contributed by atoms with Crippen molar-refractivity contribution in [2.24, 2.45) is 0 Å². The number of anilines is 3. The minimum absolute atomic E-state index is 0.188. The molecule has 0 radical (unpaired) electrons. The first-order valence-electron chi connectivity index (χ1n) is 10.5. The van der Waals surface area contributed by atoms with Crippen molar-refractivity contribution in [3.05, 3.63) is 66.1 Å². The van der Waals surface area contributed by atoms with Gasteiger partial charge in [0.05, 0.1) is 5.56 Å². The molecule has 5 rings (SSSR count). The molecule has 1 fully saturated rings. The molecule has 1 aliphatic rings. The highest BCUT2D eigenvalue weighted by Gasteiger charge is 2.30. The number of pyridine rings is 1. The number of piperazine rings is 1. The van der Waals surface area contributed by atoms with E-state index in [1.54, 1.807) is 12.3 Å². The summed E-state index contributed by atoms with van der Waals surface area (Å²) in [5.41, 5.74) is 0.940. The summed E-state index contributed by atoms with van der Waals surface area (Å²) in [7, 11) is 0. The van der Waals surface area contributed by atoms with Gasteiger partial charge in [0, 0.05) is 38.9 Å². The van der Waals surface area contributed by atoms with Crippen LogP contribution in [0, 0.1) is 0 Å². The van der Waals surface area contributed by atoms with Crippen molar-refractivity contribution in [3.63, 3.8) is 0 Å². The van der Waals surface area contributed by atoms with E-state index in [0.29, 0.717) is 28.5 Å². The van der Waals surface area contributed by atoms with Crippen molar-refractivity contribution in [2.75, 3.05) is 41.3 Å². The third kappa shape index (κ3) is 4.52. The lowest BCUT2D eigenvalue weighted by molar-refractivity contribution is -0.137. The van der Waals surface area contributed by atoms with E-state index in [1.807, 2.05) is 18.2 Å². The largest absolute Gasteiger partial charge is 0.416 e.